The van der Waals surface area contributed by atoms with E-state index in [1.54, 1.807) is 4.90 Å². The van der Waals surface area contributed by atoms with Gasteiger partial charge < -0.3 is 15.5 Å². The predicted octanol–water partition coefficient (Wildman–Crippen LogP) is 4.34. The van der Waals surface area contributed by atoms with Crippen LogP contribution in [-0.4, -0.2) is 24.5 Å². The van der Waals surface area contributed by atoms with Gasteiger partial charge in [-0.15, -0.1) is 0 Å². The minimum atomic E-state index is -0.166. The zero-order valence-electron chi connectivity index (χ0n) is 15.4. The molecule has 2 aromatic rings. The number of hydrogen-bond acceptors (Lipinski definition) is 2. The van der Waals surface area contributed by atoms with Crippen molar-refractivity contribution in [1.29, 1.82) is 0 Å². The maximum absolute atomic E-state index is 12.8. The first-order chi connectivity index (χ1) is 13.2. The molecule has 2 aromatic carbocycles. The maximum atomic E-state index is 12.8. The SMILES string of the molecule is O=C(Nc1ccc2c(c1)N(C(=O)c1ccccc1)CC2)NC1CCCCC1. The van der Waals surface area contributed by atoms with Crippen LogP contribution in [0.2, 0.25) is 0 Å². The third-order valence-electron chi connectivity index (χ3n) is 5.44. The lowest BCUT2D eigenvalue weighted by atomic mass is 9.96. The van der Waals surface area contributed by atoms with Gasteiger partial charge in [-0.1, -0.05) is 43.5 Å². The standard InChI is InChI=1S/C22H25N3O2/c26-21(17-7-3-1-4-8-17)25-14-13-16-11-12-19(15-20(16)25)24-22(27)23-18-9-5-2-6-10-18/h1,3-4,7-8,11-12,15,18H,2,5-6,9-10,13-14H2,(H2,23,24,27). The number of nitrogens with zero attached hydrogens (tertiary/aromatic N) is 1. The van der Waals surface area contributed by atoms with Crippen molar-refractivity contribution in [2.45, 2.75) is 44.6 Å². The van der Waals surface area contributed by atoms with E-state index in [0.29, 0.717) is 12.1 Å². The maximum Gasteiger partial charge on any atom is 0.319 e. The van der Waals surface area contributed by atoms with Crippen molar-refractivity contribution < 1.29 is 9.59 Å². The summed E-state index contributed by atoms with van der Waals surface area (Å²) in [5.74, 6) is -0.00171. The van der Waals surface area contributed by atoms with E-state index < -0.39 is 0 Å². The summed E-state index contributed by atoms with van der Waals surface area (Å²) < 4.78 is 0. The van der Waals surface area contributed by atoms with Gasteiger partial charge in [0.15, 0.2) is 0 Å². The molecule has 5 nitrogen and oxygen atoms in total. The van der Waals surface area contributed by atoms with E-state index in [4.69, 9.17) is 0 Å². The first kappa shape index (κ1) is 17.6. The molecule has 2 N–H and O–H groups in total. The summed E-state index contributed by atoms with van der Waals surface area (Å²) in [6, 6.07) is 15.2. The van der Waals surface area contributed by atoms with Gasteiger partial charge in [0.2, 0.25) is 0 Å². The zero-order chi connectivity index (χ0) is 18.6. The Labute approximate surface area is 159 Å². The molecular formula is C22H25N3O2. The van der Waals surface area contributed by atoms with Crippen LogP contribution in [0.1, 0.15) is 48.0 Å². The van der Waals surface area contributed by atoms with Gasteiger partial charge in [-0.2, -0.15) is 0 Å². The van der Waals surface area contributed by atoms with Crippen LogP contribution in [0.5, 0.6) is 0 Å². The van der Waals surface area contributed by atoms with Gasteiger partial charge in [-0.3, -0.25) is 4.79 Å². The Morgan fingerprint density at radius 1 is 0.963 bits per heavy atom. The number of hydrogen-bond donors (Lipinski definition) is 2. The molecule has 0 saturated heterocycles. The summed E-state index contributed by atoms with van der Waals surface area (Å²) in [7, 11) is 0. The lowest BCUT2D eigenvalue weighted by Gasteiger charge is -2.23. The topological polar surface area (TPSA) is 61.4 Å². The fourth-order valence-electron chi connectivity index (χ4n) is 4.00. The number of amides is 3. The van der Waals surface area contributed by atoms with Crippen LogP contribution in [0.3, 0.4) is 0 Å². The molecule has 0 unspecified atom stereocenters. The van der Waals surface area contributed by atoms with Crippen LogP contribution >= 0.6 is 0 Å². The Balaban J connectivity index is 1.46. The second-order valence-electron chi connectivity index (χ2n) is 7.35. The fourth-order valence-corrected chi connectivity index (χ4v) is 4.00. The van der Waals surface area contributed by atoms with Crippen LogP contribution in [0, 0.1) is 0 Å². The lowest BCUT2D eigenvalue weighted by molar-refractivity contribution is 0.0989. The number of urea groups is 1. The van der Waals surface area contributed by atoms with Crippen LogP contribution in [-0.2, 0) is 6.42 Å². The molecule has 1 aliphatic heterocycles. The van der Waals surface area contributed by atoms with Crippen molar-refractivity contribution in [3.63, 3.8) is 0 Å². The summed E-state index contributed by atoms with van der Waals surface area (Å²) in [4.78, 5) is 26.9. The second kappa shape index (κ2) is 7.82. The molecule has 1 aliphatic carbocycles. The normalized spacial score (nSPS) is 16.7. The quantitative estimate of drug-likeness (QED) is 0.852. The number of nitrogens with one attached hydrogen (secondary N) is 2. The smallest absolute Gasteiger partial charge is 0.319 e. The Hall–Kier alpha value is -2.82. The molecule has 1 fully saturated rings. The highest BCUT2D eigenvalue weighted by Crippen LogP contribution is 2.32. The molecule has 1 saturated carbocycles. The molecule has 5 heteroatoms. The number of fused-ring (bicyclic) bond motifs is 1. The molecule has 0 atom stereocenters. The highest BCUT2D eigenvalue weighted by molar-refractivity contribution is 6.07. The van der Waals surface area contributed by atoms with Crippen molar-refractivity contribution in [3.05, 3.63) is 59.7 Å². The molecule has 2 aliphatic rings. The summed E-state index contributed by atoms with van der Waals surface area (Å²) in [6.45, 7) is 0.667. The van der Waals surface area contributed by atoms with E-state index in [-0.39, 0.29) is 18.0 Å². The molecule has 0 aromatic heterocycles. The van der Waals surface area contributed by atoms with Gasteiger partial charge in [-0.25, -0.2) is 4.79 Å². The minimum Gasteiger partial charge on any atom is -0.335 e. The highest BCUT2D eigenvalue weighted by atomic mass is 16.2. The van der Waals surface area contributed by atoms with E-state index in [1.165, 1.54) is 19.3 Å². The fraction of sp³-hybridized carbons (Fsp3) is 0.364. The van der Waals surface area contributed by atoms with Crippen LogP contribution in [0.15, 0.2) is 48.5 Å². The first-order valence-electron chi connectivity index (χ1n) is 9.78. The molecule has 3 amide bonds. The molecule has 0 bridgehead atoms. The van der Waals surface area contributed by atoms with Gasteiger partial charge in [-0.05, 0) is 49.1 Å². The van der Waals surface area contributed by atoms with Crippen LogP contribution in [0.25, 0.3) is 0 Å². The Morgan fingerprint density at radius 2 is 1.74 bits per heavy atom. The average molecular weight is 363 g/mol. The number of benzene rings is 2. The van der Waals surface area contributed by atoms with E-state index in [9.17, 15) is 9.59 Å². The van der Waals surface area contributed by atoms with Gasteiger partial charge >= 0.3 is 6.03 Å². The molecular weight excluding hydrogens is 338 g/mol. The predicted molar refractivity (Wildman–Crippen MR) is 107 cm³/mol. The second-order valence-corrected chi connectivity index (χ2v) is 7.35. The monoisotopic (exact) mass is 363 g/mol. The van der Waals surface area contributed by atoms with Gasteiger partial charge in [0.25, 0.3) is 5.91 Å². The number of carbonyl (C=O) groups excluding carboxylic acids is 2. The molecule has 0 spiro atoms. The summed E-state index contributed by atoms with van der Waals surface area (Å²) >= 11 is 0. The Morgan fingerprint density at radius 3 is 2.52 bits per heavy atom. The van der Waals surface area contributed by atoms with Crippen LogP contribution < -0.4 is 15.5 Å². The van der Waals surface area contributed by atoms with E-state index >= 15 is 0 Å². The Kier molecular flexibility index (Phi) is 5.10. The van der Waals surface area contributed by atoms with Crippen molar-refractivity contribution in [1.82, 2.24) is 5.32 Å². The molecule has 1 heterocycles. The van der Waals surface area contributed by atoms with Crippen molar-refractivity contribution in [2.75, 3.05) is 16.8 Å². The molecule has 4 rings (SSSR count). The van der Waals surface area contributed by atoms with Gasteiger partial charge in [0.1, 0.15) is 0 Å². The third-order valence-corrected chi connectivity index (χ3v) is 5.44. The van der Waals surface area contributed by atoms with Crippen molar-refractivity contribution in [2.24, 2.45) is 0 Å². The molecule has 140 valence electrons. The first-order valence-corrected chi connectivity index (χ1v) is 9.78. The lowest BCUT2D eigenvalue weighted by Crippen LogP contribution is -2.39. The van der Waals surface area contributed by atoms with Gasteiger partial charge in [0, 0.05) is 29.5 Å². The molecule has 0 radical (unpaired) electrons. The largest absolute Gasteiger partial charge is 0.335 e. The number of rotatable bonds is 3. The minimum absolute atomic E-state index is 0.00171. The zero-order valence-corrected chi connectivity index (χ0v) is 15.4. The summed E-state index contributed by atoms with van der Waals surface area (Å²) in [6.07, 6.45) is 6.56. The third kappa shape index (κ3) is 3.97. The number of anilines is 2. The van der Waals surface area contributed by atoms with E-state index in [2.05, 4.69) is 10.6 Å². The van der Waals surface area contributed by atoms with Gasteiger partial charge in [0.05, 0.1) is 0 Å². The van der Waals surface area contributed by atoms with E-state index in [0.717, 1.165) is 36.2 Å². The highest BCUT2D eigenvalue weighted by Gasteiger charge is 2.26. The molecule has 27 heavy (non-hydrogen) atoms. The van der Waals surface area contributed by atoms with Crippen LogP contribution in [0.4, 0.5) is 16.2 Å². The van der Waals surface area contributed by atoms with E-state index in [1.807, 2.05) is 48.5 Å². The summed E-state index contributed by atoms with van der Waals surface area (Å²) in [5.41, 5.74) is 3.42. The average Bonchev–Trinajstić information content (AvgIpc) is 3.12. The number of carbonyl (C=O) groups is 2. The van der Waals surface area contributed by atoms with Crippen molar-refractivity contribution >= 4 is 23.3 Å². The van der Waals surface area contributed by atoms with Crippen molar-refractivity contribution in [3.8, 4) is 0 Å². The summed E-state index contributed by atoms with van der Waals surface area (Å²) in [5, 5.41) is 5.99. The Bertz CT molecular complexity index is 829.